The average Bonchev–Trinajstić information content (AvgIpc) is 2.59. The molecule has 0 aliphatic heterocycles. The molecule has 0 aliphatic carbocycles. The number of alkyl halides is 3. The highest BCUT2D eigenvalue weighted by Gasteiger charge is 2.35. The van der Waals surface area contributed by atoms with E-state index in [0.29, 0.717) is 26.9 Å². The Morgan fingerprint density at radius 1 is 0.920 bits per heavy atom. The molecule has 1 aromatic heterocycles. The topological polar surface area (TPSA) is 22.1 Å². The molecule has 0 unspecified atom stereocenters. The molecule has 126 valence electrons. The summed E-state index contributed by atoms with van der Waals surface area (Å²) in [5, 5.41) is 3.05. The number of ether oxygens (including phenoxy) is 1. The zero-order valence-electron chi connectivity index (χ0n) is 13.0. The molecular weight excluding hydrogens is 351 g/mol. The van der Waals surface area contributed by atoms with E-state index >= 15 is 0 Å². The van der Waals surface area contributed by atoms with Crippen molar-refractivity contribution in [3.05, 3.63) is 59.2 Å². The zero-order chi connectivity index (χ0) is 17.8. The molecule has 4 aromatic rings. The lowest BCUT2D eigenvalue weighted by Crippen LogP contribution is -2.09. The monoisotopic (exact) mass is 361 g/mol. The van der Waals surface area contributed by atoms with E-state index in [4.69, 9.17) is 16.3 Å². The second-order valence-corrected chi connectivity index (χ2v) is 6.13. The second-order valence-electron chi connectivity index (χ2n) is 5.69. The van der Waals surface area contributed by atoms with Crippen molar-refractivity contribution in [2.24, 2.45) is 0 Å². The van der Waals surface area contributed by atoms with Gasteiger partial charge in [0, 0.05) is 21.2 Å². The predicted molar refractivity (Wildman–Crippen MR) is 93.3 cm³/mol. The lowest BCUT2D eigenvalue weighted by atomic mass is 9.97. The van der Waals surface area contributed by atoms with Crippen LogP contribution in [0.3, 0.4) is 0 Å². The van der Waals surface area contributed by atoms with Crippen LogP contribution in [-0.4, -0.2) is 12.1 Å². The van der Waals surface area contributed by atoms with Gasteiger partial charge in [0.05, 0.1) is 12.6 Å². The Morgan fingerprint density at radius 3 is 2.40 bits per heavy atom. The highest BCUT2D eigenvalue weighted by molar-refractivity contribution is 6.32. The molecular formula is C19H11ClF3NO. The largest absolute Gasteiger partial charge is 0.497 e. The van der Waals surface area contributed by atoms with Gasteiger partial charge in [-0.25, -0.2) is 4.98 Å². The van der Waals surface area contributed by atoms with Crippen molar-refractivity contribution in [2.45, 2.75) is 6.18 Å². The fraction of sp³-hybridized carbons (Fsp3) is 0.105. The maximum Gasteiger partial charge on any atom is 0.433 e. The van der Waals surface area contributed by atoms with Gasteiger partial charge in [0.1, 0.15) is 5.75 Å². The van der Waals surface area contributed by atoms with Gasteiger partial charge in [-0.2, -0.15) is 13.2 Å². The van der Waals surface area contributed by atoms with Crippen LogP contribution in [0.25, 0.3) is 32.4 Å². The van der Waals surface area contributed by atoms with E-state index in [9.17, 15) is 13.2 Å². The minimum atomic E-state index is -4.55. The van der Waals surface area contributed by atoms with E-state index in [1.54, 1.807) is 37.4 Å². The number of hydrogen-bond acceptors (Lipinski definition) is 2. The Hall–Kier alpha value is -2.53. The average molecular weight is 362 g/mol. The van der Waals surface area contributed by atoms with Crippen LogP contribution in [0.15, 0.2) is 48.5 Å². The van der Waals surface area contributed by atoms with Gasteiger partial charge in [0.2, 0.25) is 0 Å². The molecule has 0 fully saturated rings. The third kappa shape index (κ3) is 2.55. The van der Waals surface area contributed by atoms with E-state index in [2.05, 4.69) is 4.98 Å². The van der Waals surface area contributed by atoms with Crippen LogP contribution < -0.4 is 4.74 Å². The highest BCUT2D eigenvalue weighted by atomic mass is 35.5. The third-order valence-corrected chi connectivity index (χ3v) is 4.45. The van der Waals surface area contributed by atoms with Crippen molar-refractivity contribution in [3.63, 3.8) is 0 Å². The molecule has 0 saturated heterocycles. The Balaban J connectivity index is 2.27. The van der Waals surface area contributed by atoms with Crippen LogP contribution in [-0.2, 0) is 6.18 Å². The van der Waals surface area contributed by atoms with Crippen LogP contribution in [0.2, 0.25) is 5.02 Å². The summed E-state index contributed by atoms with van der Waals surface area (Å²) >= 11 is 6.08. The minimum Gasteiger partial charge on any atom is -0.497 e. The van der Waals surface area contributed by atoms with E-state index in [1.807, 2.05) is 0 Å². The Morgan fingerprint density at radius 2 is 1.68 bits per heavy atom. The standard InChI is InChI=1S/C19H11ClF3NO/c1-25-12-4-6-13-10(8-12)2-5-14-17(13)15-9-11(20)3-7-16(15)24-18(14)19(21,22)23/h2-9H,1H3. The van der Waals surface area contributed by atoms with E-state index in [1.165, 1.54) is 18.2 Å². The van der Waals surface area contributed by atoms with Crippen LogP contribution in [0, 0.1) is 0 Å². The normalized spacial score (nSPS) is 12.2. The highest BCUT2D eigenvalue weighted by Crippen LogP contribution is 2.40. The fourth-order valence-electron chi connectivity index (χ4n) is 3.13. The van der Waals surface area contributed by atoms with E-state index in [0.717, 1.165) is 5.39 Å². The molecule has 6 heteroatoms. The van der Waals surface area contributed by atoms with Gasteiger partial charge in [-0.05, 0) is 41.1 Å². The van der Waals surface area contributed by atoms with Crippen LogP contribution in [0.5, 0.6) is 5.75 Å². The van der Waals surface area contributed by atoms with Gasteiger partial charge in [-0.15, -0.1) is 0 Å². The van der Waals surface area contributed by atoms with Crippen LogP contribution >= 0.6 is 11.6 Å². The molecule has 0 amide bonds. The maximum absolute atomic E-state index is 13.5. The number of nitrogens with zero attached hydrogens (tertiary/aromatic N) is 1. The Kier molecular flexibility index (Phi) is 3.51. The first kappa shape index (κ1) is 16.0. The maximum atomic E-state index is 13.5. The van der Waals surface area contributed by atoms with Crippen molar-refractivity contribution in [1.29, 1.82) is 0 Å². The summed E-state index contributed by atoms with van der Waals surface area (Å²) in [6, 6.07) is 13.1. The SMILES string of the molecule is COc1ccc2c(ccc3c(C(F)(F)F)nc4ccc(Cl)cc4c32)c1. The van der Waals surface area contributed by atoms with Crippen molar-refractivity contribution in [1.82, 2.24) is 4.98 Å². The van der Waals surface area contributed by atoms with E-state index in [-0.39, 0.29) is 10.9 Å². The first-order valence-corrected chi connectivity index (χ1v) is 7.83. The van der Waals surface area contributed by atoms with E-state index < -0.39 is 11.9 Å². The molecule has 0 saturated carbocycles. The summed E-state index contributed by atoms with van der Waals surface area (Å²) in [6.07, 6.45) is -4.55. The molecule has 2 nitrogen and oxygen atoms in total. The second kappa shape index (κ2) is 5.49. The smallest absolute Gasteiger partial charge is 0.433 e. The van der Waals surface area contributed by atoms with Gasteiger partial charge in [0.25, 0.3) is 0 Å². The molecule has 0 N–H and O–H groups in total. The molecule has 0 aliphatic rings. The van der Waals surface area contributed by atoms with Crippen molar-refractivity contribution in [3.8, 4) is 5.75 Å². The Bertz CT molecular complexity index is 1140. The number of aromatic nitrogens is 1. The van der Waals surface area contributed by atoms with Crippen molar-refractivity contribution >= 4 is 44.0 Å². The number of fused-ring (bicyclic) bond motifs is 5. The summed E-state index contributed by atoms with van der Waals surface area (Å²) in [5.74, 6) is 0.638. The first-order valence-electron chi connectivity index (χ1n) is 7.45. The predicted octanol–water partition coefficient (Wildman–Crippen LogP) is 6.22. The van der Waals surface area contributed by atoms with Crippen LogP contribution in [0.1, 0.15) is 5.69 Å². The minimum absolute atomic E-state index is 0.0555. The molecule has 1 heterocycles. The van der Waals surface area contributed by atoms with Gasteiger partial charge >= 0.3 is 6.18 Å². The van der Waals surface area contributed by atoms with Crippen LogP contribution in [0.4, 0.5) is 13.2 Å². The summed E-state index contributed by atoms with van der Waals surface area (Å²) < 4.78 is 45.8. The fourth-order valence-corrected chi connectivity index (χ4v) is 3.30. The lowest BCUT2D eigenvalue weighted by molar-refractivity contribution is -0.139. The molecule has 0 spiro atoms. The number of methoxy groups -OCH3 is 1. The summed E-state index contributed by atoms with van der Waals surface area (Å²) in [6.45, 7) is 0. The lowest BCUT2D eigenvalue weighted by Gasteiger charge is -2.14. The summed E-state index contributed by atoms with van der Waals surface area (Å²) in [5.41, 5.74) is -0.636. The van der Waals surface area contributed by atoms with Gasteiger partial charge in [-0.1, -0.05) is 29.8 Å². The summed E-state index contributed by atoms with van der Waals surface area (Å²) in [7, 11) is 1.54. The molecule has 0 bridgehead atoms. The van der Waals surface area contributed by atoms with Gasteiger partial charge in [0.15, 0.2) is 5.69 Å². The molecule has 3 aromatic carbocycles. The number of hydrogen-bond donors (Lipinski definition) is 0. The summed E-state index contributed by atoms with van der Waals surface area (Å²) in [4.78, 5) is 3.85. The molecule has 25 heavy (non-hydrogen) atoms. The van der Waals surface area contributed by atoms with Crippen molar-refractivity contribution < 1.29 is 17.9 Å². The first-order chi connectivity index (χ1) is 11.9. The number of pyridine rings is 1. The molecule has 0 radical (unpaired) electrons. The van der Waals surface area contributed by atoms with Gasteiger partial charge in [-0.3, -0.25) is 0 Å². The third-order valence-electron chi connectivity index (χ3n) is 4.21. The number of rotatable bonds is 1. The number of halogens is 4. The van der Waals surface area contributed by atoms with Crippen molar-refractivity contribution in [2.75, 3.05) is 7.11 Å². The Labute approximate surface area is 145 Å². The van der Waals surface area contributed by atoms with Gasteiger partial charge < -0.3 is 4.74 Å². The number of benzene rings is 3. The molecule has 0 atom stereocenters. The zero-order valence-corrected chi connectivity index (χ0v) is 13.7. The molecule has 4 rings (SSSR count). The quantitative estimate of drug-likeness (QED) is 0.375.